The van der Waals surface area contributed by atoms with Crippen LogP contribution < -0.4 is 20.2 Å². The number of hydrogen-bond acceptors (Lipinski definition) is 4. The van der Waals surface area contributed by atoms with Crippen molar-refractivity contribution >= 4 is 115 Å². The predicted octanol–water partition coefficient (Wildman–Crippen LogP) is 15.9. The molecule has 2 aliphatic rings. The van der Waals surface area contributed by atoms with Gasteiger partial charge in [0.2, 0.25) is 0 Å². The van der Waals surface area contributed by atoms with Crippen molar-refractivity contribution in [2.45, 2.75) is 77.8 Å². The molecule has 64 heavy (non-hydrogen) atoms. The van der Waals surface area contributed by atoms with Crippen LogP contribution in [0.2, 0.25) is 39.3 Å². The van der Waals surface area contributed by atoms with E-state index in [1.54, 1.807) is 0 Å². The van der Waals surface area contributed by atoms with E-state index in [0.717, 1.165) is 54.6 Å². The van der Waals surface area contributed by atoms with Crippen molar-refractivity contribution in [3.8, 4) is 0 Å². The molecule has 0 bridgehead atoms. The lowest BCUT2D eigenvalue weighted by Gasteiger charge is -2.42. The van der Waals surface area contributed by atoms with Gasteiger partial charge in [0.25, 0.3) is 0 Å². The summed E-state index contributed by atoms with van der Waals surface area (Å²) < 4.78 is 14.2. The quantitative estimate of drug-likeness (QED) is 0.165. The summed E-state index contributed by atoms with van der Waals surface area (Å²) in [5.41, 5.74) is 15.2. The SMILES string of the molecule is CC1(C)c2ccccc2N(c2ccc([Si](C)(C)C)cc2)c2ccc3c(oc4cc5cc6c(cc5cc43)oc3c4c(ccc36)N(c3ccc([Si](C)(C)C)cc3)c3ccccc3C4(C)C)c21. The first-order valence-electron chi connectivity index (χ1n) is 22.8. The van der Waals surface area contributed by atoms with Gasteiger partial charge in [-0.3, -0.25) is 0 Å². The fourth-order valence-electron chi connectivity index (χ4n) is 11.2. The van der Waals surface area contributed by atoms with Crippen LogP contribution in [0.15, 0.2) is 154 Å². The van der Waals surface area contributed by atoms with Gasteiger partial charge in [-0.15, -0.1) is 0 Å². The van der Waals surface area contributed by atoms with Gasteiger partial charge in [-0.1, -0.05) is 138 Å². The van der Waals surface area contributed by atoms with Crippen LogP contribution in [-0.4, -0.2) is 16.1 Å². The third kappa shape index (κ3) is 5.51. The zero-order valence-corrected chi connectivity index (χ0v) is 40.6. The summed E-state index contributed by atoms with van der Waals surface area (Å²) >= 11 is 0. The molecule has 8 aromatic carbocycles. The van der Waals surface area contributed by atoms with Gasteiger partial charge in [0, 0.05) is 54.9 Å². The molecule has 2 aromatic heterocycles. The van der Waals surface area contributed by atoms with E-state index in [-0.39, 0.29) is 10.8 Å². The molecule has 4 nitrogen and oxygen atoms in total. The van der Waals surface area contributed by atoms with Gasteiger partial charge in [0.15, 0.2) is 0 Å². The third-order valence-corrected chi connectivity index (χ3v) is 18.8. The lowest BCUT2D eigenvalue weighted by atomic mass is 9.73. The van der Waals surface area contributed by atoms with E-state index in [2.05, 4.69) is 222 Å². The van der Waals surface area contributed by atoms with Crippen LogP contribution in [-0.2, 0) is 10.8 Å². The molecule has 0 aliphatic carbocycles. The Morgan fingerprint density at radius 2 is 0.766 bits per heavy atom. The summed E-state index contributed by atoms with van der Waals surface area (Å²) in [5, 5.41) is 9.69. The molecule has 0 unspecified atom stereocenters. The van der Waals surface area contributed by atoms with Crippen LogP contribution in [0.4, 0.5) is 34.1 Å². The second-order valence-electron chi connectivity index (χ2n) is 21.5. The second-order valence-corrected chi connectivity index (χ2v) is 31.6. The highest BCUT2D eigenvalue weighted by Crippen LogP contribution is 2.57. The number of benzene rings is 8. The molecule has 0 spiro atoms. The maximum atomic E-state index is 7.11. The summed E-state index contributed by atoms with van der Waals surface area (Å²) in [6, 6.07) is 54.6. The maximum absolute atomic E-state index is 7.11. The van der Waals surface area contributed by atoms with Crippen molar-refractivity contribution in [3.63, 3.8) is 0 Å². The third-order valence-electron chi connectivity index (χ3n) is 14.7. The summed E-state index contributed by atoms with van der Waals surface area (Å²) in [4.78, 5) is 4.88. The zero-order chi connectivity index (χ0) is 44.2. The van der Waals surface area contributed by atoms with E-state index >= 15 is 0 Å². The molecular formula is C58H54N2O2Si2. The van der Waals surface area contributed by atoms with Crippen molar-refractivity contribution in [2.75, 3.05) is 9.80 Å². The Balaban J connectivity index is 1.03. The molecule has 316 valence electrons. The number of anilines is 6. The molecule has 0 amide bonds. The molecule has 2 aliphatic heterocycles. The van der Waals surface area contributed by atoms with Crippen molar-refractivity contribution in [1.29, 1.82) is 0 Å². The number of nitrogens with zero attached hydrogens (tertiary/aromatic N) is 2. The first-order chi connectivity index (χ1) is 30.5. The molecule has 6 heteroatoms. The molecule has 0 saturated carbocycles. The Bertz CT molecular complexity index is 3340. The fraction of sp³-hybridized carbons (Fsp3) is 0.207. The van der Waals surface area contributed by atoms with Gasteiger partial charge >= 0.3 is 0 Å². The number of furan rings is 2. The first-order valence-corrected chi connectivity index (χ1v) is 29.8. The predicted molar refractivity (Wildman–Crippen MR) is 278 cm³/mol. The Kier molecular flexibility index (Phi) is 8.05. The maximum Gasteiger partial charge on any atom is 0.141 e. The molecule has 0 radical (unpaired) electrons. The first kappa shape index (κ1) is 39.3. The minimum atomic E-state index is -1.46. The van der Waals surface area contributed by atoms with E-state index in [9.17, 15) is 0 Å². The highest BCUT2D eigenvalue weighted by atomic mass is 28.3. The van der Waals surface area contributed by atoms with Crippen LogP contribution in [0.1, 0.15) is 49.9 Å². The van der Waals surface area contributed by atoms with Crippen molar-refractivity contribution in [1.82, 2.24) is 0 Å². The van der Waals surface area contributed by atoms with Gasteiger partial charge in [-0.05, 0) is 107 Å². The average Bonchev–Trinajstić information content (AvgIpc) is 3.81. The number of rotatable bonds is 4. The Hall–Kier alpha value is -6.35. The Morgan fingerprint density at radius 1 is 0.391 bits per heavy atom. The minimum Gasteiger partial charge on any atom is -0.456 e. The van der Waals surface area contributed by atoms with Crippen LogP contribution in [0.25, 0.3) is 54.6 Å². The normalized spacial score (nSPS) is 15.5. The van der Waals surface area contributed by atoms with Gasteiger partial charge in [-0.25, -0.2) is 0 Å². The fourth-order valence-corrected chi connectivity index (χ4v) is 13.5. The van der Waals surface area contributed by atoms with E-state index in [1.165, 1.54) is 66.8 Å². The van der Waals surface area contributed by atoms with Gasteiger partial charge in [-0.2, -0.15) is 0 Å². The zero-order valence-electron chi connectivity index (χ0n) is 38.6. The van der Waals surface area contributed by atoms with Crippen molar-refractivity contribution in [3.05, 3.63) is 168 Å². The average molecular weight is 867 g/mol. The molecule has 12 rings (SSSR count). The number of hydrogen-bond donors (Lipinski definition) is 0. The van der Waals surface area contributed by atoms with Crippen molar-refractivity contribution in [2.24, 2.45) is 0 Å². The topological polar surface area (TPSA) is 32.8 Å². The van der Waals surface area contributed by atoms with Crippen molar-refractivity contribution < 1.29 is 8.83 Å². The largest absolute Gasteiger partial charge is 0.456 e. The standard InChI is InChI=1S/C58H54N2O2Si2/c1-57(2)45-15-11-13-17-47(45)59(37-19-23-39(24-20-37)63(5,6)7)49-29-27-41-43-31-35-34-52-44(32-36(35)33-51(43)61-55(41)53(49)57)42-28-30-50-54(56(42)62-52)58(3,4)46-16-12-14-18-48(46)60(50)38-21-25-40(26-22-38)64(8,9)10/h11-34H,1-10H3. The smallest absolute Gasteiger partial charge is 0.141 e. The molecule has 0 atom stereocenters. The Morgan fingerprint density at radius 3 is 1.14 bits per heavy atom. The summed E-state index contributed by atoms with van der Waals surface area (Å²) in [6.45, 7) is 23.8. The highest BCUT2D eigenvalue weighted by Gasteiger charge is 2.41. The molecular weight excluding hydrogens is 813 g/mol. The van der Waals surface area contributed by atoms with Crippen LogP contribution >= 0.6 is 0 Å². The molecule has 0 N–H and O–H groups in total. The lowest BCUT2D eigenvalue weighted by Crippen LogP contribution is -2.37. The second kappa shape index (κ2) is 13.1. The highest BCUT2D eigenvalue weighted by molar-refractivity contribution is 6.89. The lowest BCUT2D eigenvalue weighted by molar-refractivity contribution is 0.602. The van der Waals surface area contributed by atoms with Crippen LogP contribution in [0.3, 0.4) is 0 Å². The molecule has 0 saturated heterocycles. The molecule has 4 heterocycles. The van der Waals surface area contributed by atoms with Crippen LogP contribution in [0, 0.1) is 0 Å². The number of fused-ring (bicyclic) bond motifs is 13. The van der Waals surface area contributed by atoms with E-state index in [0.29, 0.717) is 0 Å². The molecule has 0 fully saturated rings. The number of para-hydroxylation sites is 2. The van der Waals surface area contributed by atoms with Gasteiger partial charge in [0.05, 0.1) is 38.9 Å². The van der Waals surface area contributed by atoms with Gasteiger partial charge in [0.1, 0.15) is 22.3 Å². The van der Waals surface area contributed by atoms with Crippen LogP contribution in [0.5, 0.6) is 0 Å². The minimum absolute atomic E-state index is 0.299. The van der Waals surface area contributed by atoms with E-state index in [1.807, 2.05) is 0 Å². The molecule has 10 aromatic rings. The summed E-state index contributed by atoms with van der Waals surface area (Å²) in [7, 11) is -2.92. The summed E-state index contributed by atoms with van der Waals surface area (Å²) in [5.74, 6) is 0. The van der Waals surface area contributed by atoms with Gasteiger partial charge < -0.3 is 18.6 Å². The van der Waals surface area contributed by atoms with E-state index < -0.39 is 16.1 Å². The van der Waals surface area contributed by atoms with E-state index in [4.69, 9.17) is 8.83 Å². The summed E-state index contributed by atoms with van der Waals surface area (Å²) in [6.07, 6.45) is 0. The Labute approximate surface area is 377 Å². The monoisotopic (exact) mass is 866 g/mol.